The third-order valence-corrected chi connectivity index (χ3v) is 9.45. The van der Waals surface area contributed by atoms with Crippen LogP contribution in [0.2, 0.25) is 0 Å². The Balaban J connectivity index is 1.29. The van der Waals surface area contributed by atoms with E-state index < -0.39 is 21.7 Å². The van der Waals surface area contributed by atoms with Crippen LogP contribution in [0.3, 0.4) is 0 Å². The molecule has 0 saturated heterocycles. The predicted octanol–water partition coefficient (Wildman–Crippen LogP) is 0.537. The topological polar surface area (TPSA) is 160 Å². The molecule has 0 bridgehead atoms. The minimum atomic E-state index is -0.480. The third-order valence-electron chi connectivity index (χ3n) is 9.45. The lowest BCUT2D eigenvalue weighted by molar-refractivity contribution is 0.323. The Kier molecular flexibility index (Phi) is 14.1. The van der Waals surface area contributed by atoms with Gasteiger partial charge in [-0.25, -0.2) is 0 Å². The lowest BCUT2D eigenvalue weighted by atomic mass is 9.92. The molecule has 1 heterocycles. The van der Waals surface area contributed by atoms with E-state index in [9.17, 15) is 28.8 Å². The number of hydrogen-bond donors (Lipinski definition) is 4. The molecule has 13 nitrogen and oxygen atoms in total. The van der Waals surface area contributed by atoms with Crippen molar-refractivity contribution in [3.05, 3.63) is 72.5 Å². The minimum absolute atomic E-state index is 0.318. The highest BCUT2D eigenvalue weighted by Crippen LogP contribution is 2.16. The highest BCUT2D eigenvalue weighted by molar-refractivity contribution is 5.74. The molecule has 1 aliphatic heterocycles. The van der Waals surface area contributed by atoms with Crippen LogP contribution < -0.4 is 53.8 Å². The van der Waals surface area contributed by atoms with E-state index in [4.69, 9.17) is 0 Å². The average molecular weight is 668 g/mol. The van der Waals surface area contributed by atoms with Gasteiger partial charge in [-0.2, -0.15) is 0 Å². The molecule has 4 rings (SSSR count). The van der Waals surface area contributed by atoms with Crippen molar-refractivity contribution >= 4 is 22.7 Å². The molecule has 48 heavy (non-hydrogen) atoms. The molecule has 0 atom stereocenters. The van der Waals surface area contributed by atoms with Gasteiger partial charge in [0.25, 0.3) is 21.7 Å². The molecule has 1 aliphatic rings. The molecule has 4 N–H and O–H groups in total. The lowest BCUT2D eigenvalue weighted by Crippen LogP contribution is -2.40. The SMILES string of the molecule is CN1CCCCc2c(c(=O)c2=O)CCCCN(C)CCCNc2c(c(=O)c2=O)NCCCN(C)CCCNc2c(c(=O)c2=O)NCCC1. The van der Waals surface area contributed by atoms with E-state index in [1.54, 1.807) is 0 Å². The number of nitrogens with zero attached hydrogens (tertiary/aromatic N) is 3. The largest absolute Gasteiger partial charge is 0.380 e. The molecular formula is C35H53N7O6. The maximum absolute atomic E-state index is 12.2. The molecule has 0 aromatic heterocycles. The zero-order valence-corrected chi connectivity index (χ0v) is 28.9. The van der Waals surface area contributed by atoms with Crippen LogP contribution in [0.1, 0.15) is 62.5 Å². The first-order chi connectivity index (χ1) is 23.1. The predicted molar refractivity (Wildman–Crippen MR) is 195 cm³/mol. The van der Waals surface area contributed by atoms with Crippen molar-refractivity contribution in [3.63, 3.8) is 0 Å². The monoisotopic (exact) mass is 667 g/mol. The maximum atomic E-state index is 12.2. The Morgan fingerprint density at radius 3 is 0.875 bits per heavy atom. The summed E-state index contributed by atoms with van der Waals surface area (Å²) in [5, 5.41) is 12.5. The molecule has 0 saturated carbocycles. The normalized spacial score (nSPS) is 19.6. The molecule has 3 aromatic carbocycles. The molecule has 0 unspecified atom stereocenters. The first-order valence-electron chi connectivity index (χ1n) is 17.6. The smallest absolute Gasteiger partial charge is 0.253 e. The summed E-state index contributed by atoms with van der Waals surface area (Å²) in [7, 11) is 6.11. The van der Waals surface area contributed by atoms with Gasteiger partial charge < -0.3 is 36.0 Å². The zero-order chi connectivity index (χ0) is 34.6. The van der Waals surface area contributed by atoms with Crippen LogP contribution >= 0.6 is 0 Å². The highest BCUT2D eigenvalue weighted by Gasteiger charge is 2.22. The average Bonchev–Trinajstić information content (AvgIpc) is 3.08. The molecule has 0 radical (unpaired) electrons. The van der Waals surface area contributed by atoms with Crippen molar-refractivity contribution < 1.29 is 0 Å². The summed E-state index contributed by atoms with van der Waals surface area (Å²) in [6, 6.07) is 0. The van der Waals surface area contributed by atoms with Crippen molar-refractivity contribution in [3.8, 4) is 0 Å². The zero-order valence-electron chi connectivity index (χ0n) is 28.9. The van der Waals surface area contributed by atoms with E-state index >= 15 is 0 Å². The molecule has 3 aromatic rings. The first kappa shape index (κ1) is 37.1. The van der Waals surface area contributed by atoms with E-state index in [1.165, 1.54) is 0 Å². The van der Waals surface area contributed by atoms with Crippen LogP contribution in [-0.4, -0.2) is 101 Å². The van der Waals surface area contributed by atoms with Crippen LogP contribution in [-0.2, 0) is 12.8 Å². The van der Waals surface area contributed by atoms with Gasteiger partial charge in [0.1, 0.15) is 22.7 Å². The summed E-state index contributed by atoms with van der Waals surface area (Å²) in [4.78, 5) is 79.7. The molecule has 0 amide bonds. The van der Waals surface area contributed by atoms with Crippen molar-refractivity contribution in [1.82, 2.24) is 14.7 Å². The van der Waals surface area contributed by atoms with Crippen molar-refractivity contribution in [1.29, 1.82) is 0 Å². The summed E-state index contributed by atoms with van der Waals surface area (Å²) in [5.41, 5.74) is 0.335. The maximum Gasteiger partial charge on any atom is 0.253 e. The van der Waals surface area contributed by atoms with Gasteiger partial charge >= 0.3 is 0 Å². The van der Waals surface area contributed by atoms with Crippen molar-refractivity contribution in [2.75, 3.05) is 108 Å². The van der Waals surface area contributed by atoms with Crippen molar-refractivity contribution in [2.45, 2.75) is 64.2 Å². The van der Waals surface area contributed by atoms with Crippen LogP contribution in [0.25, 0.3) is 0 Å². The highest BCUT2D eigenvalue weighted by atomic mass is 16.2. The van der Waals surface area contributed by atoms with E-state index in [0.29, 0.717) is 72.9 Å². The van der Waals surface area contributed by atoms with Gasteiger partial charge in [-0.1, -0.05) is 0 Å². The van der Waals surface area contributed by atoms with Gasteiger partial charge in [0.2, 0.25) is 10.9 Å². The number of fused-ring (bicyclic) bond motifs is 3. The summed E-state index contributed by atoms with van der Waals surface area (Å²) < 4.78 is 0. The van der Waals surface area contributed by atoms with E-state index in [1.807, 2.05) is 21.1 Å². The second-order valence-corrected chi connectivity index (χ2v) is 13.4. The first-order valence-corrected chi connectivity index (χ1v) is 17.6. The second-order valence-electron chi connectivity index (χ2n) is 13.4. The third kappa shape index (κ3) is 9.70. The molecule has 13 heteroatoms. The number of anilines is 4. The van der Waals surface area contributed by atoms with Gasteiger partial charge in [-0.05, 0) is 125 Å². The number of nitrogens with one attached hydrogen (secondary N) is 4. The summed E-state index contributed by atoms with van der Waals surface area (Å²) in [5.74, 6) is 0. The summed E-state index contributed by atoms with van der Waals surface area (Å²) in [6.07, 6.45) is 8.01. The standard InChI is InChI=1S/C35H53N7O6/c1-40-18-6-4-12-24-25(31(44)30(24)43)13-5-7-19-41(2)21-9-15-37-27-29(35(48)33(27)46)39-17-11-23-42(3)22-10-16-38-28-26(32(45)34(28)47)36-14-8-20-40/h36-39H,4-23H2,1-3H3. The lowest BCUT2D eigenvalue weighted by Gasteiger charge is -2.20. The van der Waals surface area contributed by atoms with E-state index in [0.717, 1.165) is 90.6 Å². The van der Waals surface area contributed by atoms with Gasteiger partial charge in [-0.3, -0.25) is 28.8 Å². The number of hydrogen-bond acceptors (Lipinski definition) is 13. The van der Waals surface area contributed by atoms with Gasteiger partial charge in [0, 0.05) is 37.3 Å². The summed E-state index contributed by atoms with van der Waals surface area (Å²) in [6.45, 7) is 7.30. The Bertz CT molecular complexity index is 1380. The quantitative estimate of drug-likeness (QED) is 0.246. The van der Waals surface area contributed by atoms with Crippen LogP contribution in [0.5, 0.6) is 0 Å². The second kappa shape index (κ2) is 18.2. The minimum Gasteiger partial charge on any atom is -0.380 e. The number of rotatable bonds is 0. The van der Waals surface area contributed by atoms with Crippen LogP contribution in [0, 0.1) is 0 Å². The molecule has 264 valence electrons. The summed E-state index contributed by atoms with van der Waals surface area (Å²) >= 11 is 0. The Hall–Kier alpha value is -3.68. The Labute approximate surface area is 281 Å². The molecule has 0 spiro atoms. The Morgan fingerprint density at radius 2 is 0.604 bits per heavy atom. The Morgan fingerprint density at radius 1 is 0.354 bits per heavy atom. The fraction of sp³-hybridized carbons (Fsp3) is 0.657. The fourth-order valence-corrected chi connectivity index (χ4v) is 6.42. The van der Waals surface area contributed by atoms with Crippen LogP contribution in [0.15, 0.2) is 28.8 Å². The molecular weight excluding hydrogens is 614 g/mol. The fourth-order valence-electron chi connectivity index (χ4n) is 6.42. The van der Waals surface area contributed by atoms with Crippen molar-refractivity contribution in [2.24, 2.45) is 0 Å². The van der Waals surface area contributed by atoms with E-state index in [-0.39, 0.29) is 10.9 Å². The molecule has 0 fully saturated rings. The van der Waals surface area contributed by atoms with Gasteiger partial charge in [-0.15, -0.1) is 0 Å². The molecule has 0 aliphatic carbocycles. The van der Waals surface area contributed by atoms with Crippen LogP contribution in [0.4, 0.5) is 22.7 Å². The van der Waals surface area contributed by atoms with Gasteiger partial charge in [0.05, 0.1) is 0 Å². The van der Waals surface area contributed by atoms with E-state index in [2.05, 4.69) is 36.0 Å². The van der Waals surface area contributed by atoms with Gasteiger partial charge in [0.15, 0.2) is 0 Å².